The number of anilines is 1. The standard InChI is InChI=1S/C17H21N3O/c1-11-8-9-18-15(10-11)17(21)20-14-5-3-4-13-7-6-12(2)19-16(13)14/h3-7,11,15,18H,8-10H2,1-2H3,(H,20,21). The van der Waals surface area contributed by atoms with Crippen molar-refractivity contribution in [2.24, 2.45) is 5.92 Å². The molecule has 1 fully saturated rings. The summed E-state index contributed by atoms with van der Waals surface area (Å²) in [5.41, 5.74) is 2.60. The van der Waals surface area contributed by atoms with Crippen molar-refractivity contribution in [1.82, 2.24) is 10.3 Å². The van der Waals surface area contributed by atoms with Crippen LogP contribution in [0.5, 0.6) is 0 Å². The van der Waals surface area contributed by atoms with Gasteiger partial charge in [-0.1, -0.05) is 25.1 Å². The minimum atomic E-state index is -0.103. The van der Waals surface area contributed by atoms with E-state index in [0.29, 0.717) is 5.92 Å². The molecule has 4 heteroatoms. The molecular weight excluding hydrogens is 262 g/mol. The number of hydrogen-bond acceptors (Lipinski definition) is 3. The van der Waals surface area contributed by atoms with E-state index in [-0.39, 0.29) is 11.9 Å². The minimum absolute atomic E-state index is 0.0392. The molecule has 21 heavy (non-hydrogen) atoms. The summed E-state index contributed by atoms with van der Waals surface area (Å²) in [6, 6.07) is 9.80. The molecule has 1 amide bonds. The van der Waals surface area contributed by atoms with Gasteiger partial charge in [-0.25, -0.2) is 0 Å². The molecular formula is C17H21N3O. The van der Waals surface area contributed by atoms with E-state index in [4.69, 9.17) is 0 Å². The number of aromatic nitrogens is 1. The molecule has 2 N–H and O–H groups in total. The second-order valence-corrected chi connectivity index (χ2v) is 5.96. The molecule has 1 aliphatic rings. The first-order chi connectivity index (χ1) is 10.1. The highest BCUT2D eigenvalue weighted by atomic mass is 16.2. The van der Waals surface area contributed by atoms with E-state index >= 15 is 0 Å². The number of rotatable bonds is 2. The lowest BCUT2D eigenvalue weighted by Gasteiger charge is -2.27. The number of para-hydroxylation sites is 1. The Kier molecular flexibility index (Phi) is 3.88. The molecule has 1 aromatic heterocycles. The Hall–Kier alpha value is -1.94. The average Bonchev–Trinajstić information content (AvgIpc) is 2.48. The predicted molar refractivity (Wildman–Crippen MR) is 85.3 cm³/mol. The Labute approximate surface area is 125 Å². The number of hydrogen-bond donors (Lipinski definition) is 2. The Morgan fingerprint density at radius 1 is 1.33 bits per heavy atom. The highest BCUT2D eigenvalue weighted by Gasteiger charge is 2.24. The average molecular weight is 283 g/mol. The first-order valence-corrected chi connectivity index (χ1v) is 7.54. The summed E-state index contributed by atoms with van der Waals surface area (Å²) in [7, 11) is 0. The van der Waals surface area contributed by atoms with Crippen molar-refractivity contribution in [3.05, 3.63) is 36.0 Å². The first-order valence-electron chi connectivity index (χ1n) is 7.54. The van der Waals surface area contributed by atoms with Gasteiger partial charge in [-0.15, -0.1) is 0 Å². The normalized spacial score (nSPS) is 22.2. The minimum Gasteiger partial charge on any atom is -0.323 e. The van der Waals surface area contributed by atoms with Crippen LogP contribution in [-0.4, -0.2) is 23.5 Å². The van der Waals surface area contributed by atoms with E-state index < -0.39 is 0 Å². The van der Waals surface area contributed by atoms with Gasteiger partial charge in [0.2, 0.25) is 5.91 Å². The number of carbonyl (C=O) groups is 1. The van der Waals surface area contributed by atoms with Gasteiger partial charge in [0.15, 0.2) is 0 Å². The number of aryl methyl sites for hydroxylation is 1. The lowest BCUT2D eigenvalue weighted by Crippen LogP contribution is -2.45. The van der Waals surface area contributed by atoms with Crippen molar-refractivity contribution >= 4 is 22.5 Å². The molecule has 1 saturated heterocycles. The van der Waals surface area contributed by atoms with Gasteiger partial charge in [0.1, 0.15) is 0 Å². The second-order valence-electron chi connectivity index (χ2n) is 5.96. The van der Waals surface area contributed by atoms with Crippen molar-refractivity contribution in [2.45, 2.75) is 32.7 Å². The quantitative estimate of drug-likeness (QED) is 0.891. The zero-order valence-electron chi connectivity index (χ0n) is 12.5. The summed E-state index contributed by atoms with van der Waals surface area (Å²) in [4.78, 5) is 17.0. The van der Waals surface area contributed by atoms with Crippen molar-refractivity contribution in [3.8, 4) is 0 Å². The number of benzene rings is 1. The van der Waals surface area contributed by atoms with E-state index in [0.717, 1.165) is 41.7 Å². The fourth-order valence-electron chi connectivity index (χ4n) is 2.87. The predicted octanol–water partition coefficient (Wildman–Crippen LogP) is 2.87. The third-order valence-corrected chi connectivity index (χ3v) is 4.10. The van der Waals surface area contributed by atoms with Crippen LogP contribution in [0.4, 0.5) is 5.69 Å². The summed E-state index contributed by atoms with van der Waals surface area (Å²) < 4.78 is 0. The molecule has 2 unspecified atom stereocenters. The molecule has 0 bridgehead atoms. The number of carbonyl (C=O) groups excluding carboxylic acids is 1. The lowest BCUT2D eigenvalue weighted by atomic mass is 9.94. The smallest absolute Gasteiger partial charge is 0.241 e. The van der Waals surface area contributed by atoms with Crippen molar-refractivity contribution in [3.63, 3.8) is 0 Å². The van der Waals surface area contributed by atoms with Crippen LogP contribution in [0.1, 0.15) is 25.5 Å². The molecule has 2 aromatic rings. The van der Waals surface area contributed by atoms with Crippen LogP contribution in [-0.2, 0) is 4.79 Å². The fraction of sp³-hybridized carbons (Fsp3) is 0.412. The van der Waals surface area contributed by atoms with Crippen molar-refractivity contribution < 1.29 is 4.79 Å². The van der Waals surface area contributed by atoms with E-state index in [1.807, 2.05) is 37.3 Å². The number of fused-ring (bicyclic) bond motifs is 1. The molecule has 0 spiro atoms. The van der Waals surface area contributed by atoms with Crippen molar-refractivity contribution in [2.75, 3.05) is 11.9 Å². The maximum atomic E-state index is 12.4. The van der Waals surface area contributed by atoms with E-state index in [2.05, 4.69) is 22.5 Å². The number of piperidine rings is 1. The zero-order valence-corrected chi connectivity index (χ0v) is 12.5. The number of nitrogens with one attached hydrogen (secondary N) is 2. The molecule has 0 saturated carbocycles. The molecule has 4 nitrogen and oxygen atoms in total. The summed E-state index contributed by atoms with van der Waals surface area (Å²) in [6.45, 7) is 5.07. The Morgan fingerprint density at radius 2 is 2.19 bits per heavy atom. The Bertz CT molecular complexity index is 668. The zero-order chi connectivity index (χ0) is 14.8. The van der Waals surface area contributed by atoms with Gasteiger partial charge in [0, 0.05) is 11.1 Å². The van der Waals surface area contributed by atoms with Crippen LogP contribution in [0.25, 0.3) is 10.9 Å². The summed E-state index contributed by atoms with van der Waals surface area (Å²) in [6.07, 6.45) is 2.03. The maximum Gasteiger partial charge on any atom is 0.241 e. The molecule has 110 valence electrons. The van der Waals surface area contributed by atoms with Crippen molar-refractivity contribution in [1.29, 1.82) is 0 Å². The molecule has 0 aliphatic carbocycles. The largest absolute Gasteiger partial charge is 0.323 e. The summed E-state index contributed by atoms with van der Waals surface area (Å²) >= 11 is 0. The molecule has 1 aromatic carbocycles. The molecule has 2 atom stereocenters. The van der Waals surface area contributed by atoms with Crippen LogP contribution in [0.15, 0.2) is 30.3 Å². The van der Waals surface area contributed by atoms with Crippen LogP contribution in [0, 0.1) is 12.8 Å². The second kappa shape index (κ2) is 5.82. The Morgan fingerprint density at radius 3 is 3.00 bits per heavy atom. The van der Waals surface area contributed by atoms with Gasteiger partial charge in [0.25, 0.3) is 0 Å². The summed E-state index contributed by atoms with van der Waals surface area (Å²) in [5, 5.41) is 7.38. The van der Waals surface area contributed by atoms with Gasteiger partial charge in [-0.2, -0.15) is 0 Å². The van der Waals surface area contributed by atoms with Crippen LogP contribution in [0.2, 0.25) is 0 Å². The molecule has 0 radical (unpaired) electrons. The highest BCUT2D eigenvalue weighted by Crippen LogP contribution is 2.23. The summed E-state index contributed by atoms with van der Waals surface area (Å²) in [5.74, 6) is 0.632. The Balaban J connectivity index is 1.84. The van der Waals surface area contributed by atoms with Gasteiger partial charge in [-0.05, 0) is 44.4 Å². The fourth-order valence-corrected chi connectivity index (χ4v) is 2.87. The highest BCUT2D eigenvalue weighted by molar-refractivity contribution is 6.02. The SMILES string of the molecule is Cc1ccc2cccc(NC(=O)C3CC(C)CCN3)c2n1. The van der Waals surface area contributed by atoms with Crippen LogP contribution in [0.3, 0.4) is 0 Å². The van der Waals surface area contributed by atoms with E-state index in [1.54, 1.807) is 0 Å². The van der Waals surface area contributed by atoms with Gasteiger partial charge in [0.05, 0.1) is 17.2 Å². The first kappa shape index (κ1) is 14.0. The van der Waals surface area contributed by atoms with Crippen LogP contribution >= 0.6 is 0 Å². The third-order valence-electron chi connectivity index (χ3n) is 4.10. The van der Waals surface area contributed by atoms with E-state index in [9.17, 15) is 4.79 Å². The molecule has 3 rings (SSSR count). The number of pyridine rings is 1. The van der Waals surface area contributed by atoms with Gasteiger partial charge in [-0.3, -0.25) is 9.78 Å². The van der Waals surface area contributed by atoms with E-state index in [1.165, 1.54) is 0 Å². The molecule has 2 heterocycles. The lowest BCUT2D eigenvalue weighted by molar-refractivity contribution is -0.119. The van der Waals surface area contributed by atoms with Crippen LogP contribution < -0.4 is 10.6 Å². The van der Waals surface area contributed by atoms with Gasteiger partial charge < -0.3 is 10.6 Å². The third kappa shape index (κ3) is 3.05. The van der Waals surface area contributed by atoms with Gasteiger partial charge >= 0.3 is 0 Å². The topological polar surface area (TPSA) is 54.0 Å². The number of amides is 1. The maximum absolute atomic E-state index is 12.4. The molecule has 1 aliphatic heterocycles. The monoisotopic (exact) mass is 283 g/mol. The number of nitrogens with zero attached hydrogens (tertiary/aromatic N) is 1.